The van der Waals surface area contributed by atoms with Gasteiger partial charge in [0.15, 0.2) is 0 Å². The van der Waals surface area contributed by atoms with Crippen LogP contribution in [0.15, 0.2) is 24.3 Å². The molecule has 2 aliphatic rings. The smallest absolute Gasteiger partial charge is 0.124 e. The minimum Gasteiger partial charge on any atom is -0.493 e. The third-order valence-corrected chi connectivity index (χ3v) is 5.31. The van der Waals surface area contributed by atoms with Crippen molar-refractivity contribution in [2.45, 2.75) is 31.1 Å². The summed E-state index contributed by atoms with van der Waals surface area (Å²) in [7, 11) is 0. The molecule has 1 N–H and O–H groups in total. The van der Waals surface area contributed by atoms with Crippen LogP contribution in [0.5, 0.6) is 5.75 Å². The van der Waals surface area contributed by atoms with Crippen molar-refractivity contribution in [3.05, 3.63) is 29.8 Å². The van der Waals surface area contributed by atoms with Crippen LogP contribution in [-0.4, -0.2) is 24.2 Å². The summed E-state index contributed by atoms with van der Waals surface area (Å²) in [5.41, 5.74) is 1.33. The Balaban J connectivity index is 1.69. The van der Waals surface area contributed by atoms with E-state index in [1.54, 1.807) is 0 Å². The molecule has 1 aromatic rings. The van der Waals surface area contributed by atoms with Gasteiger partial charge in [0.05, 0.1) is 6.61 Å². The van der Waals surface area contributed by atoms with Gasteiger partial charge in [0.1, 0.15) is 5.75 Å². The van der Waals surface area contributed by atoms with Gasteiger partial charge in [-0.15, -0.1) is 0 Å². The van der Waals surface area contributed by atoms with Crippen LogP contribution in [0, 0.1) is 5.92 Å². The maximum absolute atomic E-state index is 5.79. The first-order valence-electron chi connectivity index (χ1n) is 6.91. The molecule has 0 radical (unpaired) electrons. The molecule has 2 heterocycles. The van der Waals surface area contributed by atoms with Gasteiger partial charge in [-0.1, -0.05) is 25.1 Å². The van der Waals surface area contributed by atoms with Gasteiger partial charge in [-0.05, 0) is 24.7 Å². The molecule has 0 bridgehead atoms. The van der Waals surface area contributed by atoms with Crippen LogP contribution in [0.1, 0.15) is 31.4 Å². The molecule has 2 nitrogen and oxygen atoms in total. The molecule has 0 spiro atoms. The van der Waals surface area contributed by atoms with E-state index in [1.807, 2.05) is 0 Å². The van der Waals surface area contributed by atoms with E-state index in [4.69, 9.17) is 4.74 Å². The van der Waals surface area contributed by atoms with Crippen LogP contribution in [0.3, 0.4) is 0 Å². The van der Waals surface area contributed by atoms with E-state index in [9.17, 15) is 0 Å². The fraction of sp³-hybridized carbons (Fsp3) is 0.600. The SMILES string of the molecule is CC1COc2ccccc2C1NCC1CCCS1. The van der Waals surface area contributed by atoms with Gasteiger partial charge in [0, 0.05) is 29.3 Å². The maximum atomic E-state index is 5.79. The third-order valence-electron chi connectivity index (χ3n) is 3.91. The largest absolute Gasteiger partial charge is 0.493 e. The van der Waals surface area contributed by atoms with Gasteiger partial charge < -0.3 is 10.1 Å². The molecule has 3 rings (SSSR count). The van der Waals surface area contributed by atoms with Gasteiger partial charge in [0.25, 0.3) is 0 Å². The molecule has 0 aliphatic carbocycles. The lowest BCUT2D eigenvalue weighted by Gasteiger charge is -2.32. The molecule has 1 aromatic carbocycles. The summed E-state index contributed by atoms with van der Waals surface area (Å²) in [6.07, 6.45) is 2.76. The molecule has 1 saturated heterocycles. The van der Waals surface area contributed by atoms with E-state index in [1.165, 1.54) is 24.2 Å². The Morgan fingerprint density at radius 2 is 2.28 bits per heavy atom. The van der Waals surface area contributed by atoms with Crippen LogP contribution in [0.25, 0.3) is 0 Å². The zero-order valence-electron chi connectivity index (χ0n) is 10.9. The zero-order valence-corrected chi connectivity index (χ0v) is 11.7. The number of hydrogen-bond donors (Lipinski definition) is 1. The van der Waals surface area contributed by atoms with Gasteiger partial charge in [0.2, 0.25) is 0 Å². The number of nitrogens with one attached hydrogen (secondary N) is 1. The second-order valence-electron chi connectivity index (χ2n) is 5.35. The van der Waals surface area contributed by atoms with Crippen molar-refractivity contribution in [3.63, 3.8) is 0 Å². The molecule has 18 heavy (non-hydrogen) atoms. The van der Waals surface area contributed by atoms with Crippen molar-refractivity contribution in [3.8, 4) is 5.75 Å². The van der Waals surface area contributed by atoms with Crippen LogP contribution < -0.4 is 10.1 Å². The predicted molar refractivity (Wildman–Crippen MR) is 77.3 cm³/mol. The Bertz CT molecular complexity index is 403. The van der Waals surface area contributed by atoms with E-state index in [2.05, 4.69) is 48.3 Å². The Morgan fingerprint density at radius 1 is 1.39 bits per heavy atom. The van der Waals surface area contributed by atoms with E-state index in [-0.39, 0.29) is 0 Å². The molecule has 3 heteroatoms. The second-order valence-corrected chi connectivity index (χ2v) is 6.76. The molecule has 0 amide bonds. The Morgan fingerprint density at radius 3 is 3.11 bits per heavy atom. The second kappa shape index (κ2) is 5.54. The van der Waals surface area contributed by atoms with Crippen LogP contribution in [0.4, 0.5) is 0 Å². The maximum Gasteiger partial charge on any atom is 0.124 e. The highest BCUT2D eigenvalue weighted by Gasteiger charge is 2.28. The van der Waals surface area contributed by atoms with Crippen molar-refractivity contribution in [1.82, 2.24) is 5.32 Å². The lowest BCUT2D eigenvalue weighted by atomic mass is 9.92. The normalized spacial score (nSPS) is 30.8. The summed E-state index contributed by atoms with van der Waals surface area (Å²) in [5, 5.41) is 4.58. The van der Waals surface area contributed by atoms with E-state index in [0.29, 0.717) is 12.0 Å². The topological polar surface area (TPSA) is 21.3 Å². The highest BCUT2D eigenvalue weighted by Crippen LogP contribution is 2.35. The molecular weight excluding hydrogens is 242 g/mol. The number of fused-ring (bicyclic) bond motifs is 1. The molecule has 2 aliphatic heterocycles. The fourth-order valence-electron chi connectivity index (χ4n) is 2.87. The Kier molecular flexibility index (Phi) is 3.80. The average molecular weight is 263 g/mol. The average Bonchev–Trinajstić information content (AvgIpc) is 2.91. The molecule has 1 fully saturated rings. The summed E-state index contributed by atoms with van der Waals surface area (Å²) in [6.45, 7) is 4.23. The van der Waals surface area contributed by atoms with E-state index >= 15 is 0 Å². The van der Waals surface area contributed by atoms with Gasteiger partial charge in [-0.2, -0.15) is 11.8 Å². The number of thioether (sulfide) groups is 1. The number of hydrogen-bond acceptors (Lipinski definition) is 3. The lowest BCUT2D eigenvalue weighted by molar-refractivity contribution is 0.189. The highest BCUT2D eigenvalue weighted by atomic mass is 32.2. The van der Waals surface area contributed by atoms with Gasteiger partial charge in [-0.25, -0.2) is 0 Å². The number of para-hydroxylation sites is 1. The minimum absolute atomic E-state index is 0.455. The summed E-state index contributed by atoms with van der Waals surface area (Å²) in [6, 6.07) is 8.90. The minimum atomic E-state index is 0.455. The molecule has 98 valence electrons. The summed E-state index contributed by atoms with van der Waals surface area (Å²) < 4.78 is 5.79. The van der Waals surface area contributed by atoms with Crippen LogP contribution in [0.2, 0.25) is 0 Å². The summed E-state index contributed by atoms with van der Waals surface area (Å²) in [4.78, 5) is 0. The number of benzene rings is 1. The lowest BCUT2D eigenvalue weighted by Crippen LogP contribution is -2.36. The number of rotatable bonds is 3. The van der Waals surface area contributed by atoms with Gasteiger partial charge in [-0.3, -0.25) is 0 Å². The summed E-state index contributed by atoms with van der Waals surface area (Å²) >= 11 is 2.12. The molecule has 3 unspecified atom stereocenters. The number of ether oxygens (including phenoxy) is 1. The fourth-order valence-corrected chi connectivity index (χ4v) is 4.08. The third kappa shape index (κ3) is 2.52. The van der Waals surface area contributed by atoms with Crippen molar-refractivity contribution in [2.75, 3.05) is 18.9 Å². The quantitative estimate of drug-likeness (QED) is 0.904. The van der Waals surface area contributed by atoms with E-state index < -0.39 is 0 Å². The summed E-state index contributed by atoms with van der Waals surface area (Å²) in [5.74, 6) is 2.95. The Labute approximate surface area is 113 Å². The van der Waals surface area contributed by atoms with Crippen LogP contribution >= 0.6 is 11.8 Å². The molecule has 0 saturated carbocycles. The standard InChI is InChI=1S/C15H21NOS/c1-11-10-17-14-7-3-2-6-13(14)15(11)16-9-12-5-4-8-18-12/h2-3,6-7,11-12,15-16H,4-5,8-10H2,1H3. The first-order chi connectivity index (χ1) is 8.84. The van der Waals surface area contributed by atoms with Crippen molar-refractivity contribution < 1.29 is 4.74 Å². The van der Waals surface area contributed by atoms with Gasteiger partial charge >= 0.3 is 0 Å². The van der Waals surface area contributed by atoms with Crippen LogP contribution in [-0.2, 0) is 0 Å². The zero-order chi connectivity index (χ0) is 12.4. The van der Waals surface area contributed by atoms with Crippen molar-refractivity contribution >= 4 is 11.8 Å². The highest BCUT2D eigenvalue weighted by molar-refractivity contribution is 8.00. The molecular formula is C15H21NOS. The predicted octanol–water partition coefficient (Wildman–Crippen LogP) is 3.24. The van der Waals surface area contributed by atoms with Crippen molar-refractivity contribution in [2.24, 2.45) is 5.92 Å². The van der Waals surface area contributed by atoms with E-state index in [0.717, 1.165) is 24.2 Å². The first-order valence-corrected chi connectivity index (χ1v) is 7.96. The molecule has 3 atom stereocenters. The Hall–Kier alpha value is -0.670. The molecule has 0 aromatic heterocycles. The van der Waals surface area contributed by atoms with Crippen molar-refractivity contribution in [1.29, 1.82) is 0 Å². The monoisotopic (exact) mass is 263 g/mol. The first kappa shape index (κ1) is 12.4.